The van der Waals surface area contributed by atoms with Crippen LogP contribution in [0.1, 0.15) is 16.8 Å². The third-order valence-electron chi connectivity index (χ3n) is 5.19. The van der Waals surface area contributed by atoms with E-state index in [0.717, 1.165) is 41.0 Å². The Hall–Kier alpha value is -3.64. The highest BCUT2D eigenvalue weighted by molar-refractivity contribution is 5.94. The number of nitrogens with one attached hydrogen (secondary N) is 1. The minimum absolute atomic E-state index is 0.0645. The van der Waals surface area contributed by atoms with Gasteiger partial charge in [-0.1, -0.05) is 24.3 Å². The van der Waals surface area contributed by atoms with Gasteiger partial charge in [0.25, 0.3) is 5.91 Å². The van der Waals surface area contributed by atoms with Gasteiger partial charge in [0.15, 0.2) is 0 Å². The molecule has 31 heavy (non-hydrogen) atoms. The van der Waals surface area contributed by atoms with E-state index in [0.29, 0.717) is 12.1 Å². The molecule has 0 atom stereocenters. The summed E-state index contributed by atoms with van der Waals surface area (Å²) in [6.45, 7) is 1.60. The zero-order valence-electron chi connectivity index (χ0n) is 17.7. The normalized spacial score (nSPS) is 11.2. The summed E-state index contributed by atoms with van der Waals surface area (Å²) in [5.74, 6) is 0.169. The third-order valence-corrected chi connectivity index (χ3v) is 5.19. The van der Waals surface area contributed by atoms with Crippen LogP contribution in [-0.4, -0.2) is 52.5 Å². The smallest absolute Gasteiger partial charge is 0.251 e. The molecule has 0 aliphatic carbocycles. The third kappa shape index (κ3) is 4.75. The van der Waals surface area contributed by atoms with Crippen LogP contribution in [0.5, 0.6) is 5.75 Å². The van der Waals surface area contributed by atoms with Gasteiger partial charge in [0.1, 0.15) is 5.75 Å². The molecule has 6 nitrogen and oxygen atoms in total. The van der Waals surface area contributed by atoms with Crippen molar-refractivity contribution in [3.05, 3.63) is 78.6 Å². The summed E-state index contributed by atoms with van der Waals surface area (Å²) in [6.07, 6.45) is 4.72. The maximum Gasteiger partial charge on any atom is 0.251 e. The highest BCUT2D eigenvalue weighted by atomic mass is 16.3. The number of rotatable bonds is 7. The van der Waals surface area contributed by atoms with E-state index in [4.69, 9.17) is 0 Å². The molecule has 2 N–H and O–H groups in total. The fourth-order valence-electron chi connectivity index (χ4n) is 3.55. The lowest BCUT2D eigenvalue weighted by Crippen LogP contribution is -2.27. The zero-order valence-corrected chi connectivity index (χ0v) is 17.7. The maximum atomic E-state index is 12.3. The summed E-state index contributed by atoms with van der Waals surface area (Å²) in [5, 5.41) is 12.8. The summed E-state index contributed by atoms with van der Waals surface area (Å²) >= 11 is 0. The van der Waals surface area contributed by atoms with E-state index in [2.05, 4.69) is 19.6 Å². The van der Waals surface area contributed by atoms with Gasteiger partial charge in [-0.05, 0) is 63.5 Å². The molecule has 0 aliphatic rings. The number of amides is 1. The topological polar surface area (TPSA) is 69.9 Å². The summed E-state index contributed by atoms with van der Waals surface area (Å²) in [4.78, 5) is 19.0. The van der Waals surface area contributed by atoms with E-state index in [1.807, 2.05) is 75.0 Å². The standard InChI is InChI=1S/C25H26N4O2/c1-28(2)14-4-13-26-25(31)19-9-7-18(8-10-19)23-17-29-21(16-27-23)11-12-24(29)20-5-3-6-22(30)15-20/h3,5-12,15-17,30H,4,13-14H2,1-2H3,(H,26,31). The lowest BCUT2D eigenvalue weighted by Gasteiger charge is -2.10. The van der Waals surface area contributed by atoms with Crippen LogP contribution in [0.2, 0.25) is 0 Å². The molecule has 0 bridgehead atoms. The van der Waals surface area contributed by atoms with E-state index in [-0.39, 0.29) is 11.7 Å². The molecule has 1 amide bonds. The number of carbonyl (C=O) groups excluding carboxylic acids is 1. The fraction of sp³-hybridized carbons (Fsp3) is 0.200. The molecule has 2 aromatic heterocycles. The first-order chi connectivity index (χ1) is 15.0. The van der Waals surface area contributed by atoms with Crippen molar-refractivity contribution in [1.82, 2.24) is 19.6 Å². The minimum Gasteiger partial charge on any atom is -0.508 e. The Morgan fingerprint density at radius 3 is 2.61 bits per heavy atom. The van der Waals surface area contributed by atoms with Crippen molar-refractivity contribution in [3.8, 4) is 28.3 Å². The predicted octanol–water partition coefficient (Wildman–Crippen LogP) is 4.06. The van der Waals surface area contributed by atoms with Crippen molar-refractivity contribution in [2.45, 2.75) is 6.42 Å². The molecule has 6 heteroatoms. The van der Waals surface area contributed by atoms with Gasteiger partial charge in [-0.25, -0.2) is 0 Å². The molecular formula is C25H26N4O2. The van der Waals surface area contributed by atoms with Crippen molar-refractivity contribution < 1.29 is 9.90 Å². The molecule has 0 fully saturated rings. The van der Waals surface area contributed by atoms with Crippen molar-refractivity contribution >= 4 is 11.4 Å². The van der Waals surface area contributed by atoms with Crippen LogP contribution in [-0.2, 0) is 0 Å². The molecule has 4 aromatic rings. The number of phenols is 1. The molecule has 0 spiro atoms. The number of hydrogen-bond donors (Lipinski definition) is 2. The van der Waals surface area contributed by atoms with Crippen LogP contribution in [0.3, 0.4) is 0 Å². The summed E-state index contributed by atoms with van der Waals surface area (Å²) in [5.41, 5.74) is 5.25. The number of phenolic OH excluding ortho intramolecular Hbond substituents is 1. The first kappa shape index (κ1) is 20.6. The Bertz CT molecular complexity index is 1200. The molecule has 0 aliphatic heterocycles. The molecule has 0 radical (unpaired) electrons. The van der Waals surface area contributed by atoms with Crippen LogP contribution in [0.4, 0.5) is 0 Å². The second-order valence-electron chi connectivity index (χ2n) is 7.83. The second-order valence-corrected chi connectivity index (χ2v) is 7.83. The van der Waals surface area contributed by atoms with Crippen LogP contribution in [0.15, 0.2) is 73.1 Å². The predicted molar refractivity (Wildman–Crippen MR) is 123 cm³/mol. The van der Waals surface area contributed by atoms with Gasteiger partial charge in [0.05, 0.1) is 23.1 Å². The van der Waals surface area contributed by atoms with Crippen molar-refractivity contribution in [2.75, 3.05) is 27.2 Å². The molecular weight excluding hydrogens is 388 g/mol. The maximum absolute atomic E-state index is 12.3. The second kappa shape index (κ2) is 9.02. The molecule has 2 heterocycles. The van der Waals surface area contributed by atoms with Crippen molar-refractivity contribution in [3.63, 3.8) is 0 Å². The molecule has 0 saturated carbocycles. The fourth-order valence-corrected chi connectivity index (χ4v) is 3.55. The van der Waals surface area contributed by atoms with Crippen LogP contribution in [0.25, 0.3) is 28.0 Å². The number of benzene rings is 2. The van der Waals surface area contributed by atoms with Gasteiger partial charge in [-0.15, -0.1) is 0 Å². The first-order valence-electron chi connectivity index (χ1n) is 10.3. The number of nitrogens with zero attached hydrogens (tertiary/aromatic N) is 3. The van der Waals surface area contributed by atoms with Crippen molar-refractivity contribution in [1.29, 1.82) is 0 Å². The largest absolute Gasteiger partial charge is 0.508 e. The van der Waals surface area contributed by atoms with Crippen LogP contribution < -0.4 is 5.32 Å². The summed E-state index contributed by atoms with van der Waals surface area (Å²) in [7, 11) is 4.04. The Kier molecular flexibility index (Phi) is 6.00. The Morgan fingerprint density at radius 1 is 1.06 bits per heavy atom. The SMILES string of the molecule is CN(C)CCCNC(=O)c1ccc(-c2cn3c(-c4cccc(O)c4)ccc3cn2)cc1. The molecule has 0 unspecified atom stereocenters. The number of aromatic nitrogens is 2. The van der Waals surface area contributed by atoms with E-state index in [9.17, 15) is 9.90 Å². The molecule has 0 saturated heterocycles. The van der Waals surface area contributed by atoms with Gasteiger partial charge >= 0.3 is 0 Å². The van der Waals surface area contributed by atoms with Crippen LogP contribution in [0, 0.1) is 0 Å². The van der Waals surface area contributed by atoms with E-state index in [1.54, 1.807) is 12.1 Å². The first-order valence-corrected chi connectivity index (χ1v) is 10.3. The summed E-state index contributed by atoms with van der Waals surface area (Å²) in [6, 6.07) is 18.7. The Labute approximate surface area is 181 Å². The monoisotopic (exact) mass is 414 g/mol. The van der Waals surface area contributed by atoms with Gasteiger partial charge in [-0.2, -0.15) is 0 Å². The number of fused-ring (bicyclic) bond motifs is 1. The highest BCUT2D eigenvalue weighted by Crippen LogP contribution is 2.27. The number of carbonyl (C=O) groups is 1. The average molecular weight is 415 g/mol. The quantitative estimate of drug-likeness (QED) is 0.448. The molecule has 4 rings (SSSR count). The van der Waals surface area contributed by atoms with Crippen molar-refractivity contribution in [2.24, 2.45) is 0 Å². The van der Waals surface area contributed by atoms with Gasteiger partial charge in [-0.3, -0.25) is 9.78 Å². The van der Waals surface area contributed by atoms with E-state index >= 15 is 0 Å². The molecule has 158 valence electrons. The molecule has 2 aromatic carbocycles. The zero-order chi connectivity index (χ0) is 21.8. The highest BCUT2D eigenvalue weighted by Gasteiger charge is 2.10. The van der Waals surface area contributed by atoms with E-state index in [1.165, 1.54) is 0 Å². The Balaban J connectivity index is 1.54. The number of hydrogen-bond acceptors (Lipinski definition) is 4. The average Bonchev–Trinajstić information content (AvgIpc) is 3.20. The van der Waals surface area contributed by atoms with Gasteiger partial charge in [0, 0.05) is 29.4 Å². The lowest BCUT2D eigenvalue weighted by molar-refractivity contribution is 0.0952. The van der Waals surface area contributed by atoms with E-state index < -0.39 is 0 Å². The lowest BCUT2D eigenvalue weighted by atomic mass is 10.1. The van der Waals surface area contributed by atoms with Crippen LogP contribution >= 0.6 is 0 Å². The minimum atomic E-state index is -0.0645. The Morgan fingerprint density at radius 2 is 1.87 bits per heavy atom. The van der Waals surface area contributed by atoms with Gasteiger partial charge < -0.3 is 19.7 Å². The summed E-state index contributed by atoms with van der Waals surface area (Å²) < 4.78 is 2.06. The number of aromatic hydroxyl groups is 1. The van der Waals surface area contributed by atoms with Gasteiger partial charge in [0.2, 0.25) is 0 Å².